The Kier molecular flexibility index (Phi) is 5.18. The number of fused-ring (bicyclic) bond motifs is 1. The van der Waals surface area contributed by atoms with Gasteiger partial charge in [-0.2, -0.15) is 0 Å². The van der Waals surface area contributed by atoms with Gasteiger partial charge in [0, 0.05) is 49.1 Å². The Bertz CT molecular complexity index is 714. The molecule has 0 bridgehead atoms. The summed E-state index contributed by atoms with van der Waals surface area (Å²) in [5, 5.41) is 4.28. The fourth-order valence-corrected chi connectivity index (χ4v) is 3.42. The minimum absolute atomic E-state index is 0.0360. The molecule has 2 N–H and O–H groups in total. The maximum atomic E-state index is 12.3. The summed E-state index contributed by atoms with van der Waals surface area (Å²) in [7, 11) is 0. The van der Waals surface area contributed by atoms with Crippen molar-refractivity contribution in [2.75, 3.05) is 19.6 Å². The van der Waals surface area contributed by atoms with Crippen molar-refractivity contribution in [3.8, 4) is 0 Å². The van der Waals surface area contributed by atoms with Crippen LogP contribution in [-0.2, 0) is 16.0 Å². The molecule has 1 fully saturated rings. The van der Waals surface area contributed by atoms with E-state index in [4.69, 9.17) is 0 Å². The van der Waals surface area contributed by atoms with Gasteiger partial charge in [0.15, 0.2) is 0 Å². The first-order chi connectivity index (χ1) is 11.7. The second-order valence-corrected chi connectivity index (χ2v) is 6.41. The van der Waals surface area contributed by atoms with Crippen molar-refractivity contribution in [1.82, 2.24) is 15.2 Å². The number of hydrogen-bond acceptors (Lipinski definition) is 2. The number of rotatable bonds is 5. The van der Waals surface area contributed by atoms with Gasteiger partial charge in [-0.05, 0) is 30.9 Å². The lowest BCUT2D eigenvalue weighted by Gasteiger charge is -2.31. The Morgan fingerprint density at radius 3 is 2.75 bits per heavy atom. The number of amides is 2. The minimum Gasteiger partial charge on any atom is -0.361 e. The molecule has 5 nitrogen and oxygen atoms in total. The molecule has 0 spiro atoms. The molecular formula is C19H25N3O2. The van der Waals surface area contributed by atoms with E-state index in [0.717, 1.165) is 24.8 Å². The summed E-state index contributed by atoms with van der Waals surface area (Å²) >= 11 is 0. The third-order valence-corrected chi connectivity index (χ3v) is 4.89. The molecule has 5 heteroatoms. The number of piperidine rings is 1. The van der Waals surface area contributed by atoms with E-state index in [1.165, 1.54) is 10.9 Å². The maximum Gasteiger partial charge on any atom is 0.223 e. The van der Waals surface area contributed by atoms with Crippen LogP contribution in [0.5, 0.6) is 0 Å². The number of nitrogens with zero attached hydrogens (tertiary/aromatic N) is 1. The number of para-hydroxylation sites is 1. The lowest BCUT2D eigenvalue weighted by Crippen LogP contribution is -2.43. The van der Waals surface area contributed by atoms with Gasteiger partial charge in [0.25, 0.3) is 0 Å². The van der Waals surface area contributed by atoms with Crippen LogP contribution in [-0.4, -0.2) is 41.3 Å². The van der Waals surface area contributed by atoms with E-state index in [1.807, 2.05) is 30.2 Å². The molecule has 2 aromatic rings. The highest BCUT2D eigenvalue weighted by atomic mass is 16.2. The molecule has 1 aromatic heterocycles. The van der Waals surface area contributed by atoms with Gasteiger partial charge in [-0.3, -0.25) is 9.59 Å². The van der Waals surface area contributed by atoms with Crippen LogP contribution in [0.2, 0.25) is 0 Å². The number of aromatic amines is 1. The minimum atomic E-state index is 0.0360. The largest absolute Gasteiger partial charge is 0.361 e. The van der Waals surface area contributed by atoms with Crippen molar-refractivity contribution < 1.29 is 9.59 Å². The van der Waals surface area contributed by atoms with Crippen molar-refractivity contribution in [2.45, 2.75) is 32.6 Å². The first-order valence-electron chi connectivity index (χ1n) is 8.79. The first kappa shape index (κ1) is 16.6. The van der Waals surface area contributed by atoms with Gasteiger partial charge < -0.3 is 15.2 Å². The summed E-state index contributed by atoms with van der Waals surface area (Å²) in [6, 6.07) is 8.20. The quantitative estimate of drug-likeness (QED) is 0.886. The molecular weight excluding hydrogens is 302 g/mol. The molecule has 0 saturated carbocycles. The van der Waals surface area contributed by atoms with E-state index in [0.29, 0.717) is 26.1 Å². The molecule has 1 aromatic carbocycles. The fourth-order valence-electron chi connectivity index (χ4n) is 3.42. The highest BCUT2D eigenvalue weighted by Gasteiger charge is 2.26. The molecule has 24 heavy (non-hydrogen) atoms. The predicted octanol–water partition coefficient (Wildman–Crippen LogP) is 2.48. The monoisotopic (exact) mass is 327 g/mol. The van der Waals surface area contributed by atoms with Crippen molar-refractivity contribution in [2.24, 2.45) is 5.92 Å². The van der Waals surface area contributed by atoms with E-state index in [1.54, 1.807) is 0 Å². The van der Waals surface area contributed by atoms with Gasteiger partial charge in [0.1, 0.15) is 0 Å². The number of likely N-dealkylation sites (tertiary alicyclic amines) is 1. The van der Waals surface area contributed by atoms with E-state index >= 15 is 0 Å². The number of hydrogen-bond donors (Lipinski definition) is 2. The Morgan fingerprint density at radius 2 is 2.00 bits per heavy atom. The smallest absolute Gasteiger partial charge is 0.223 e. The van der Waals surface area contributed by atoms with Gasteiger partial charge >= 0.3 is 0 Å². The lowest BCUT2D eigenvalue weighted by molar-refractivity contribution is -0.135. The summed E-state index contributed by atoms with van der Waals surface area (Å²) in [4.78, 5) is 29.1. The lowest BCUT2D eigenvalue weighted by atomic mass is 9.95. The molecule has 1 aliphatic heterocycles. The van der Waals surface area contributed by atoms with Gasteiger partial charge in [-0.15, -0.1) is 0 Å². The van der Waals surface area contributed by atoms with Crippen LogP contribution in [0.15, 0.2) is 30.5 Å². The van der Waals surface area contributed by atoms with Crippen molar-refractivity contribution in [1.29, 1.82) is 0 Å². The van der Waals surface area contributed by atoms with Crippen LogP contribution in [0.25, 0.3) is 10.9 Å². The van der Waals surface area contributed by atoms with Crippen molar-refractivity contribution >= 4 is 22.7 Å². The topological polar surface area (TPSA) is 65.2 Å². The number of nitrogens with one attached hydrogen (secondary N) is 2. The number of benzene rings is 1. The number of aromatic nitrogens is 1. The van der Waals surface area contributed by atoms with E-state index < -0.39 is 0 Å². The molecule has 2 amide bonds. The molecule has 0 atom stereocenters. The van der Waals surface area contributed by atoms with Crippen LogP contribution in [0.4, 0.5) is 0 Å². The maximum absolute atomic E-state index is 12.3. The zero-order valence-corrected chi connectivity index (χ0v) is 14.2. The number of carbonyl (C=O) groups excluding carboxylic acids is 2. The van der Waals surface area contributed by atoms with Gasteiger partial charge in [-0.1, -0.05) is 25.1 Å². The third kappa shape index (κ3) is 3.61. The van der Waals surface area contributed by atoms with E-state index in [-0.39, 0.29) is 17.7 Å². The Hall–Kier alpha value is -2.30. The Labute approximate surface area is 142 Å². The normalized spacial score (nSPS) is 15.6. The number of carbonyl (C=O) groups is 2. The van der Waals surface area contributed by atoms with Crippen LogP contribution in [0, 0.1) is 5.92 Å². The zero-order chi connectivity index (χ0) is 16.9. The molecule has 128 valence electrons. The van der Waals surface area contributed by atoms with Crippen LogP contribution < -0.4 is 5.32 Å². The van der Waals surface area contributed by atoms with Gasteiger partial charge in [-0.25, -0.2) is 0 Å². The average molecular weight is 327 g/mol. The van der Waals surface area contributed by atoms with Crippen LogP contribution in [0.1, 0.15) is 31.7 Å². The number of H-pyrrole nitrogens is 1. The molecule has 0 radical (unpaired) electrons. The van der Waals surface area contributed by atoms with Gasteiger partial charge in [0.05, 0.1) is 0 Å². The average Bonchev–Trinajstić information content (AvgIpc) is 3.04. The summed E-state index contributed by atoms with van der Waals surface area (Å²) in [6.07, 6.45) is 4.92. The first-order valence-corrected chi connectivity index (χ1v) is 8.79. The van der Waals surface area contributed by atoms with Crippen LogP contribution >= 0.6 is 0 Å². The highest BCUT2D eigenvalue weighted by Crippen LogP contribution is 2.19. The molecule has 3 rings (SSSR count). The molecule has 1 saturated heterocycles. The predicted molar refractivity (Wildman–Crippen MR) is 94.6 cm³/mol. The summed E-state index contributed by atoms with van der Waals surface area (Å²) in [5.74, 6) is 0.348. The van der Waals surface area contributed by atoms with E-state index in [9.17, 15) is 9.59 Å². The second kappa shape index (κ2) is 7.51. The van der Waals surface area contributed by atoms with E-state index in [2.05, 4.69) is 22.4 Å². The standard InChI is InChI=1S/C19H25N3O2/c1-2-18(23)22-11-8-14(9-12-22)19(24)20-10-7-15-13-21-17-6-4-3-5-16(15)17/h3-6,13-14,21H,2,7-12H2,1H3,(H,20,24). The van der Waals surface area contributed by atoms with Crippen molar-refractivity contribution in [3.63, 3.8) is 0 Å². The summed E-state index contributed by atoms with van der Waals surface area (Å²) < 4.78 is 0. The Morgan fingerprint density at radius 1 is 1.25 bits per heavy atom. The molecule has 1 aliphatic rings. The molecule has 0 unspecified atom stereocenters. The third-order valence-electron chi connectivity index (χ3n) is 4.89. The summed E-state index contributed by atoms with van der Waals surface area (Å²) in [6.45, 7) is 3.93. The highest BCUT2D eigenvalue weighted by molar-refractivity contribution is 5.83. The molecule has 0 aliphatic carbocycles. The van der Waals surface area contributed by atoms with Crippen LogP contribution in [0.3, 0.4) is 0 Å². The SMILES string of the molecule is CCC(=O)N1CCC(C(=O)NCCc2c[nH]c3ccccc23)CC1. The zero-order valence-electron chi connectivity index (χ0n) is 14.2. The van der Waals surface area contributed by atoms with Gasteiger partial charge in [0.2, 0.25) is 11.8 Å². The summed E-state index contributed by atoms with van der Waals surface area (Å²) in [5.41, 5.74) is 2.36. The second-order valence-electron chi connectivity index (χ2n) is 6.41. The van der Waals surface area contributed by atoms with Crippen molar-refractivity contribution in [3.05, 3.63) is 36.0 Å². The fraction of sp³-hybridized carbons (Fsp3) is 0.474. The Balaban J connectivity index is 1.46. The molecule has 2 heterocycles.